The molecule has 1 saturated carbocycles. The number of para-hydroxylation sites is 1. The molecule has 2 aromatic rings. The molecule has 2 atom stereocenters. The Labute approximate surface area is 273 Å². The van der Waals surface area contributed by atoms with Gasteiger partial charge in [-0.2, -0.15) is 0 Å². The smallest absolute Gasteiger partial charge is 0.409 e. The summed E-state index contributed by atoms with van der Waals surface area (Å²) in [5.74, 6) is 0.243. The number of nitrogens with two attached hydrogens (primary N) is 1. The average Bonchev–Trinajstić information content (AvgIpc) is 3.61. The van der Waals surface area contributed by atoms with E-state index in [1.54, 1.807) is 34.1 Å². The lowest BCUT2D eigenvalue weighted by atomic mass is 9.85. The standard InChI is InChI=1S/C32H47ClN6O4S/c1-37(2)16-6-5-10-27(36-24-14-12-23(20-34)13-15-24)31(41)39-18-17-38(32(42)43-29-11-4-3-9-26(29)33)22-28(39)30(40)35-21-25-8-7-19-44-25/h3-4,7-9,11,19,23-24,27-28,36H,5-6,10,12-18,20-22,34H2,1-2H3,(H,35,40)/t23?,24?,27-,28-/m0/s1/i1D,2D. The van der Waals surface area contributed by atoms with Crippen LogP contribution in [-0.4, -0.2) is 97.5 Å². The molecule has 2 aliphatic rings. The van der Waals surface area contributed by atoms with Crippen molar-refractivity contribution in [2.75, 3.05) is 46.8 Å². The molecule has 1 aliphatic carbocycles. The summed E-state index contributed by atoms with van der Waals surface area (Å²) >= 11 is 7.74. The maximum Gasteiger partial charge on any atom is 0.415 e. The molecule has 0 spiro atoms. The number of nitrogens with zero attached hydrogens (tertiary/aromatic N) is 3. The van der Waals surface area contributed by atoms with Crippen molar-refractivity contribution in [2.24, 2.45) is 11.7 Å². The van der Waals surface area contributed by atoms with Gasteiger partial charge in [0.2, 0.25) is 11.8 Å². The molecular weight excluding hydrogens is 600 g/mol. The van der Waals surface area contributed by atoms with Crippen LogP contribution in [0.25, 0.3) is 0 Å². The van der Waals surface area contributed by atoms with Gasteiger partial charge in [-0.25, -0.2) is 4.79 Å². The minimum atomic E-state index is -0.903. The van der Waals surface area contributed by atoms with Gasteiger partial charge in [0.15, 0.2) is 5.75 Å². The normalized spacial score (nSPS) is 21.8. The largest absolute Gasteiger partial charge is 0.415 e. The number of carbonyl (C=O) groups excluding carboxylic acids is 3. The molecule has 12 heteroatoms. The van der Waals surface area contributed by atoms with Gasteiger partial charge in [-0.15, -0.1) is 11.3 Å². The zero-order valence-electron chi connectivity index (χ0n) is 27.3. The van der Waals surface area contributed by atoms with Gasteiger partial charge in [-0.05, 0) is 95.2 Å². The highest BCUT2D eigenvalue weighted by molar-refractivity contribution is 7.09. The summed E-state index contributed by atoms with van der Waals surface area (Å²) in [6.07, 6.45) is 5.32. The van der Waals surface area contributed by atoms with Gasteiger partial charge in [-0.3, -0.25) is 9.59 Å². The molecule has 0 unspecified atom stereocenters. The van der Waals surface area contributed by atoms with Gasteiger partial charge in [0, 0.05) is 26.8 Å². The first-order valence-electron chi connectivity index (χ1n) is 16.8. The van der Waals surface area contributed by atoms with Crippen LogP contribution in [0.2, 0.25) is 5.02 Å². The molecule has 1 aliphatic heterocycles. The molecular formula is C32H47ClN6O4S. The number of unbranched alkanes of at least 4 members (excludes halogenated alkanes) is 1. The number of thiophene rings is 1. The Hall–Kier alpha value is -2.70. The van der Waals surface area contributed by atoms with Crippen molar-refractivity contribution < 1.29 is 21.9 Å². The first-order chi connectivity index (χ1) is 22.3. The number of nitrogens with one attached hydrogen (secondary N) is 2. The summed E-state index contributed by atoms with van der Waals surface area (Å²) in [6.45, 7) is 1.99. The van der Waals surface area contributed by atoms with Gasteiger partial charge in [0.05, 0.1) is 24.2 Å². The Kier molecular flexibility index (Phi) is 12.2. The Morgan fingerprint density at radius 2 is 1.93 bits per heavy atom. The van der Waals surface area contributed by atoms with E-state index in [4.69, 9.17) is 24.8 Å². The maximum absolute atomic E-state index is 14.3. The van der Waals surface area contributed by atoms with Crippen LogP contribution in [-0.2, 0) is 16.1 Å². The van der Waals surface area contributed by atoms with Crippen molar-refractivity contribution in [1.29, 1.82) is 0 Å². The van der Waals surface area contributed by atoms with Crippen LogP contribution < -0.4 is 21.1 Å². The van der Waals surface area contributed by atoms with E-state index in [-0.39, 0.29) is 57.3 Å². The molecule has 10 nitrogen and oxygen atoms in total. The van der Waals surface area contributed by atoms with Gasteiger partial charge in [-0.1, -0.05) is 36.2 Å². The highest BCUT2D eigenvalue weighted by Gasteiger charge is 2.40. The molecule has 44 heavy (non-hydrogen) atoms. The van der Waals surface area contributed by atoms with E-state index >= 15 is 0 Å². The molecule has 2 fully saturated rings. The maximum atomic E-state index is 14.3. The number of hydrogen-bond donors (Lipinski definition) is 3. The van der Waals surface area contributed by atoms with Crippen molar-refractivity contribution in [2.45, 2.75) is 69.6 Å². The second kappa shape index (κ2) is 17.1. The van der Waals surface area contributed by atoms with Gasteiger partial charge in [0.1, 0.15) is 6.04 Å². The van der Waals surface area contributed by atoms with Crippen LogP contribution in [0.15, 0.2) is 41.8 Å². The zero-order valence-corrected chi connectivity index (χ0v) is 26.9. The van der Waals surface area contributed by atoms with Crippen molar-refractivity contribution in [3.8, 4) is 5.75 Å². The third-order valence-electron chi connectivity index (χ3n) is 8.41. The van der Waals surface area contributed by atoms with Crippen molar-refractivity contribution in [3.05, 3.63) is 51.7 Å². The summed E-state index contributed by atoms with van der Waals surface area (Å²) < 4.78 is 20.7. The fourth-order valence-electron chi connectivity index (χ4n) is 5.84. The summed E-state index contributed by atoms with van der Waals surface area (Å²) in [4.78, 5) is 47.0. The molecule has 242 valence electrons. The predicted molar refractivity (Wildman–Crippen MR) is 175 cm³/mol. The SMILES string of the molecule is [2H]CN(C[2H])CCCC[C@H](NC1CCC(CN)CC1)C(=O)N1CCN(C(=O)Oc2ccccc2Cl)C[C@H]1C(=O)NCc1cccs1. The van der Waals surface area contributed by atoms with Crippen LogP contribution in [0.3, 0.4) is 0 Å². The number of halogens is 1. The lowest BCUT2D eigenvalue weighted by molar-refractivity contribution is -0.145. The summed E-state index contributed by atoms with van der Waals surface area (Å²) in [5, 5.41) is 8.85. The Morgan fingerprint density at radius 3 is 2.64 bits per heavy atom. The second-order valence-electron chi connectivity index (χ2n) is 11.7. The van der Waals surface area contributed by atoms with Gasteiger partial charge >= 0.3 is 6.09 Å². The van der Waals surface area contributed by atoms with E-state index in [2.05, 4.69) is 10.6 Å². The second-order valence-corrected chi connectivity index (χ2v) is 13.1. The number of ether oxygens (including phenoxy) is 1. The lowest BCUT2D eigenvalue weighted by Gasteiger charge is -2.42. The molecule has 1 saturated heterocycles. The summed E-state index contributed by atoms with van der Waals surface area (Å²) in [7, 11) is 0.139. The molecule has 0 bridgehead atoms. The molecule has 0 radical (unpaired) electrons. The molecule has 1 aromatic heterocycles. The lowest BCUT2D eigenvalue weighted by Crippen LogP contribution is -2.64. The van der Waals surface area contributed by atoms with Crippen molar-refractivity contribution >= 4 is 40.8 Å². The van der Waals surface area contributed by atoms with Crippen LogP contribution in [0.1, 0.15) is 52.6 Å². The third-order valence-corrected chi connectivity index (χ3v) is 9.60. The number of carbonyl (C=O) groups is 3. The van der Waals surface area contributed by atoms with Gasteiger partial charge in [0.25, 0.3) is 0 Å². The number of benzene rings is 1. The number of piperazine rings is 1. The highest BCUT2D eigenvalue weighted by atomic mass is 35.5. The van der Waals surface area contributed by atoms with E-state index < -0.39 is 18.2 Å². The first kappa shape index (κ1) is 31.3. The topological polar surface area (TPSA) is 120 Å². The van der Waals surface area contributed by atoms with E-state index in [1.165, 1.54) is 16.2 Å². The van der Waals surface area contributed by atoms with Crippen LogP contribution in [0.4, 0.5) is 4.79 Å². The first-order valence-corrected chi connectivity index (χ1v) is 16.7. The molecule has 2 heterocycles. The van der Waals surface area contributed by atoms with Crippen molar-refractivity contribution in [3.63, 3.8) is 0 Å². The predicted octanol–water partition coefficient (Wildman–Crippen LogP) is 3.94. The summed E-state index contributed by atoms with van der Waals surface area (Å²) in [6, 6.07) is 9.32. The van der Waals surface area contributed by atoms with Gasteiger partial charge < -0.3 is 35.8 Å². The minimum absolute atomic E-state index is 0.0123. The average molecular weight is 649 g/mol. The van der Waals surface area contributed by atoms with E-state index in [9.17, 15) is 14.4 Å². The molecule has 3 amide bonds. The zero-order chi connectivity index (χ0) is 32.9. The quantitative estimate of drug-likeness (QED) is 0.282. The van der Waals surface area contributed by atoms with Crippen LogP contribution >= 0.6 is 22.9 Å². The van der Waals surface area contributed by atoms with Crippen LogP contribution in [0.5, 0.6) is 5.75 Å². The monoisotopic (exact) mass is 648 g/mol. The van der Waals surface area contributed by atoms with Crippen LogP contribution in [0, 0.1) is 5.92 Å². The van der Waals surface area contributed by atoms with E-state index in [0.29, 0.717) is 37.0 Å². The van der Waals surface area contributed by atoms with Crippen molar-refractivity contribution in [1.82, 2.24) is 25.3 Å². The highest BCUT2D eigenvalue weighted by Crippen LogP contribution is 2.26. The molecule has 1 aromatic carbocycles. The Balaban J connectivity index is 1.49. The number of amides is 3. The summed E-state index contributed by atoms with van der Waals surface area (Å²) in [5.41, 5.74) is 5.91. The minimum Gasteiger partial charge on any atom is -0.409 e. The molecule has 4 N–H and O–H groups in total. The number of rotatable bonds is 13. The third kappa shape index (κ3) is 9.90. The molecule has 4 rings (SSSR count). The Bertz CT molecular complexity index is 1250. The van der Waals surface area contributed by atoms with E-state index in [1.807, 2.05) is 17.5 Å². The fraction of sp³-hybridized carbons (Fsp3) is 0.594. The number of hydrogen-bond acceptors (Lipinski definition) is 8. The fourth-order valence-corrected chi connectivity index (χ4v) is 6.66. The Morgan fingerprint density at radius 1 is 1.14 bits per heavy atom. The van der Waals surface area contributed by atoms with E-state index in [0.717, 1.165) is 43.4 Å².